The summed E-state index contributed by atoms with van der Waals surface area (Å²) in [4.78, 5) is 12.7. The minimum Gasteiger partial charge on any atom is -0.493 e. The van der Waals surface area contributed by atoms with Crippen LogP contribution in [0.25, 0.3) is 16.5 Å². The van der Waals surface area contributed by atoms with E-state index in [-0.39, 0.29) is 5.91 Å². The SMILES string of the molecule is CCOc1ccc2ccccc2c1/C=N\NC(=O)c1ccc(-n2c(C)ccc2C)cc1Cl. The Bertz CT molecular complexity index is 1300. The lowest BCUT2D eigenvalue weighted by atomic mass is 10.0. The number of nitrogens with zero attached hydrogens (tertiary/aromatic N) is 2. The smallest absolute Gasteiger partial charge is 0.272 e. The Morgan fingerprint density at radius 1 is 1.06 bits per heavy atom. The fourth-order valence-corrected chi connectivity index (χ4v) is 4.07. The number of halogens is 1. The molecule has 6 heteroatoms. The molecule has 162 valence electrons. The predicted octanol–water partition coefficient (Wildman–Crippen LogP) is 6.06. The Morgan fingerprint density at radius 2 is 1.81 bits per heavy atom. The summed E-state index contributed by atoms with van der Waals surface area (Å²) in [6.07, 6.45) is 1.61. The maximum absolute atomic E-state index is 12.7. The first-order valence-corrected chi connectivity index (χ1v) is 10.8. The van der Waals surface area contributed by atoms with Gasteiger partial charge in [-0.15, -0.1) is 0 Å². The number of aromatic nitrogens is 1. The van der Waals surface area contributed by atoms with E-state index < -0.39 is 0 Å². The number of hydrogen-bond acceptors (Lipinski definition) is 3. The van der Waals surface area contributed by atoms with Crippen LogP contribution in [0.3, 0.4) is 0 Å². The van der Waals surface area contributed by atoms with Gasteiger partial charge in [0.1, 0.15) is 5.75 Å². The van der Waals surface area contributed by atoms with Gasteiger partial charge in [-0.2, -0.15) is 5.10 Å². The fourth-order valence-electron chi connectivity index (χ4n) is 3.81. The summed E-state index contributed by atoms with van der Waals surface area (Å²) in [5, 5.41) is 6.61. The van der Waals surface area contributed by atoms with Crippen molar-refractivity contribution >= 4 is 34.5 Å². The van der Waals surface area contributed by atoms with Crippen LogP contribution in [0.2, 0.25) is 5.02 Å². The summed E-state index contributed by atoms with van der Waals surface area (Å²) in [5.74, 6) is 0.334. The Balaban J connectivity index is 1.57. The topological polar surface area (TPSA) is 55.6 Å². The molecule has 0 aliphatic carbocycles. The molecule has 32 heavy (non-hydrogen) atoms. The molecule has 4 aromatic rings. The summed E-state index contributed by atoms with van der Waals surface area (Å²) in [7, 11) is 0. The minimum absolute atomic E-state index is 0.359. The first-order chi connectivity index (χ1) is 15.5. The Hall–Kier alpha value is -3.57. The summed E-state index contributed by atoms with van der Waals surface area (Å²) in [5.41, 5.74) is 6.86. The maximum Gasteiger partial charge on any atom is 0.272 e. The molecule has 0 radical (unpaired) electrons. The van der Waals surface area contributed by atoms with Gasteiger partial charge in [0.15, 0.2) is 0 Å². The van der Waals surface area contributed by atoms with Gasteiger partial charge in [-0.05, 0) is 67.9 Å². The number of nitrogens with one attached hydrogen (secondary N) is 1. The number of carbonyl (C=O) groups is 1. The zero-order chi connectivity index (χ0) is 22.7. The van der Waals surface area contributed by atoms with Crippen molar-refractivity contribution in [3.8, 4) is 11.4 Å². The molecule has 0 unspecified atom stereocenters. The molecule has 0 bridgehead atoms. The summed E-state index contributed by atoms with van der Waals surface area (Å²) >= 11 is 6.44. The van der Waals surface area contributed by atoms with Crippen molar-refractivity contribution < 1.29 is 9.53 Å². The number of benzene rings is 3. The van der Waals surface area contributed by atoms with Crippen LogP contribution in [0.5, 0.6) is 5.75 Å². The highest BCUT2D eigenvalue weighted by Gasteiger charge is 2.13. The molecule has 0 saturated heterocycles. The van der Waals surface area contributed by atoms with E-state index in [1.165, 1.54) is 0 Å². The molecule has 4 rings (SSSR count). The Labute approximate surface area is 192 Å². The average Bonchev–Trinajstić information content (AvgIpc) is 3.12. The van der Waals surface area contributed by atoms with Crippen molar-refractivity contribution in [3.63, 3.8) is 0 Å². The molecule has 0 aliphatic rings. The quantitative estimate of drug-likeness (QED) is 0.289. The molecule has 0 saturated carbocycles. The average molecular weight is 446 g/mol. The van der Waals surface area contributed by atoms with E-state index in [1.807, 2.05) is 75.4 Å². The molecule has 5 nitrogen and oxygen atoms in total. The van der Waals surface area contributed by atoms with Crippen LogP contribution in [-0.4, -0.2) is 23.3 Å². The Kier molecular flexibility index (Phi) is 6.28. The van der Waals surface area contributed by atoms with Gasteiger partial charge in [-0.25, -0.2) is 5.43 Å². The molecule has 1 aromatic heterocycles. The molecule has 0 atom stereocenters. The predicted molar refractivity (Wildman–Crippen MR) is 130 cm³/mol. The number of hydrazone groups is 1. The lowest BCUT2D eigenvalue weighted by Gasteiger charge is -2.12. The van der Waals surface area contributed by atoms with Crippen molar-refractivity contribution in [3.05, 3.63) is 94.3 Å². The van der Waals surface area contributed by atoms with Gasteiger partial charge < -0.3 is 9.30 Å². The molecule has 1 N–H and O–H groups in total. The molecule has 1 heterocycles. The standard InChI is InChI=1S/C26H24ClN3O2/c1-4-32-25-14-11-19-7-5-6-8-21(19)23(25)16-28-29-26(31)22-13-12-20(15-24(22)27)30-17(2)9-10-18(30)3/h5-16H,4H2,1-3H3,(H,29,31)/b28-16-. The fraction of sp³-hybridized carbons (Fsp3) is 0.154. The first kappa shape index (κ1) is 21.7. The number of rotatable bonds is 6. The first-order valence-electron chi connectivity index (χ1n) is 10.4. The van der Waals surface area contributed by atoms with Crippen LogP contribution in [-0.2, 0) is 0 Å². The van der Waals surface area contributed by atoms with Gasteiger partial charge in [0.2, 0.25) is 0 Å². The second kappa shape index (κ2) is 9.28. The van der Waals surface area contributed by atoms with Crippen LogP contribution >= 0.6 is 11.6 Å². The van der Waals surface area contributed by atoms with Crippen molar-refractivity contribution in [2.45, 2.75) is 20.8 Å². The molecule has 1 amide bonds. The zero-order valence-corrected chi connectivity index (χ0v) is 19.0. The van der Waals surface area contributed by atoms with Crippen molar-refractivity contribution in [2.24, 2.45) is 5.10 Å². The molecular weight excluding hydrogens is 422 g/mol. The van der Waals surface area contributed by atoms with Gasteiger partial charge in [-0.3, -0.25) is 4.79 Å². The summed E-state index contributed by atoms with van der Waals surface area (Å²) in [6.45, 7) is 6.52. The maximum atomic E-state index is 12.7. The van der Waals surface area contributed by atoms with Gasteiger partial charge in [0, 0.05) is 22.6 Å². The third-order valence-corrected chi connectivity index (χ3v) is 5.63. The molecule has 0 aliphatic heterocycles. The summed E-state index contributed by atoms with van der Waals surface area (Å²) < 4.78 is 7.83. The molecular formula is C26H24ClN3O2. The van der Waals surface area contributed by atoms with Crippen LogP contribution < -0.4 is 10.2 Å². The van der Waals surface area contributed by atoms with E-state index in [1.54, 1.807) is 18.3 Å². The number of amides is 1. The van der Waals surface area contributed by atoms with Gasteiger partial charge in [0.05, 0.1) is 23.4 Å². The van der Waals surface area contributed by atoms with E-state index in [2.05, 4.69) is 15.1 Å². The molecule has 0 fully saturated rings. The van der Waals surface area contributed by atoms with E-state index in [0.717, 1.165) is 33.4 Å². The van der Waals surface area contributed by atoms with E-state index >= 15 is 0 Å². The molecule has 3 aromatic carbocycles. The van der Waals surface area contributed by atoms with Gasteiger partial charge in [0.25, 0.3) is 5.91 Å². The number of aryl methyl sites for hydroxylation is 2. The number of fused-ring (bicyclic) bond motifs is 1. The second-order valence-electron chi connectivity index (χ2n) is 7.45. The number of carbonyl (C=O) groups excluding carboxylic acids is 1. The van der Waals surface area contributed by atoms with E-state index in [9.17, 15) is 4.79 Å². The summed E-state index contributed by atoms with van der Waals surface area (Å²) in [6, 6.07) is 21.4. The van der Waals surface area contributed by atoms with Crippen molar-refractivity contribution in [1.82, 2.24) is 9.99 Å². The van der Waals surface area contributed by atoms with Crippen molar-refractivity contribution in [2.75, 3.05) is 6.61 Å². The normalized spacial score (nSPS) is 11.2. The van der Waals surface area contributed by atoms with E-state index in [0.29, 0.717) is 22.9 Å². The van der Waals surface area contributed by atoms with Crippen LogP contribution in [0.4, 0.5) is 0 Å². The largest absolute Gasteiger partial charge is 0.493 e. The highest BCUT2D eigenvalue weighted by molar-refractivity contribution is 6.34. The highest BCUT2D eigenvalue weighted by Crippen LogP contribution is 2.27. The van der Waals surface area contributed by atoms with Gasteiger partial charge >= 0.3 is 0 Å². The Morgan fingerprint density at radius 3 is 2.53 bits per heavy atom. The second-order valence-corrected chi connectivity index (χ2v) is 7.85. The monoisotopic (exact) mass is 445 g/mol. The third kappa shape index (κ3) is 4.25. The number of ether oxygens (including phenoxy) is 1. The minimum atomic E-state index is -0.378. The zero-order valence-electron chi connectivity index (χ0n) is 18.2. The van der Waals surface area contributed by atoms with E-state index in [4.69, 9.17) is 16.3 Å². The van der Waals surface area contributed by atoms with Crippen LogP contribution in [0.15, 0.2) is 71.8 Å². The lowest BCUT2D eigenvalue weighted by molar-refractivity contribution is 0.0955. The number of hydrogen-bond donors (Lipinski definition) is 1. The van der Waals surface area contributed by atoms with Gasteiger partial charge in [-0.1, -0.05) is 41.9 Å². The highest BCUT2D eigenvalue weighted by atomic mass is 35.5. The molecule has 0 spiro atoms. The van der Waals surface area contributed by atoms with Crippen molar-refractivity contribution in [1.29, 1.82) is 0 Å². The van der Waals surface area contributed by atoms with Crippen LogP contribution in [0.1, 0.15) is 34.2 Å². The lowest BCUT2D eigenvalue weighted by Crippen LogP contribution is -2.18. The third-order valence-electron chi connectivity index (χ3n) is 5.32. The van der Waals surface area contributed by atoms with Crippen LogP contribution in [0, 0.1) is 13.8 Å².